The van der Waals surface area contributed by atoms with E-state index in [0.29, 0.717) is 5.92 Å². The number of carbonyl (C=O) groups is 2. The molecule has 0 aliphatic heterocycles. The van der Waals surface area contributed by atoms with Crippen molar-refractivity contribution in [1.82, 2.24) is 4.90 Å². The van der Waals surface area contributed by atoms with Crippen molar-refractivity contribution >= 4 is 11.9 Å². The molecule has 3 unspecified atom stereocenters. The van der Waals surface area contributed by atoms with Crippen molar-refractivity contribution in [3.05, 3.63) is 23.7 Å². The molecule has 1 aromatic rings. The summed E-state index contributed by atoms with van der Waals surface area (Å²) in [6.45, 7) is 0.739. The number of fused-ring (bicyclic) bond motifs is 2. The monoisotopic (exact) mass is 277 g/mol. The molecule has 0 radical (unpaired) electrons. The fourth-order valence-electron chi connectivity index (χ4n) is 3.78. The first-order valence-electron chi connectivity index (χ1n) is 7.12. The Labute approximate surface area is 117 Å². The van der Waals surface area contributed by atoms with Crippen LogP contribution in [0, 0.1) is 17.8 Å². The topological polar surface area (TPSA) is 70.8 Å². The summed E-state index contributed by atoms with van der Waals surface area (Å²) in [7, 11) is 1.76. The summed E-state index contributed by atoms with van der Waals surface area (Å²) in [6.07, 6.45) is 6.29. The summed E-state index contributed by atoms with van der Waals surface area (Å²) in [5, 5.41) is 8.83. The van der Waals surface area contributed by atoms with Gasteiger partial charge in [0, 0.05) is 19.7 Å². The fraction of sp³-hybridized carbons (Fsp3) is 0.600. The Kier molecular flexibility index (Phi) is 3.28. The van der Waals surface area contributed by atoms with Gasteiger partial charge in [0.05, 0.1) is 5.56 Å². The van der Waals surface area contributed by atoms with Crippen molar-refractivity contribution in [1.29, 1.82) is 0 Å². The molecular weight excluding hydrogens is 258 g/mol. The zero-order valence-corrected chi connectivity index (χ0v) is 11.5. The van der Waals surface area contributed by atoms with E-state index in [9.17, 15) is 9.59 Å². The summed E-state index contributed by atoms with van der Waals surface area (Å²) in [5.41, 5.74) is 0.0154. The van der Waals surface area contributed by atoms with Gasteiger partial charge in [-0.25, -0.2) is 4.79 Å². The van der Waals surface area contributed by atoms with Crippen LogP contribution in [0.25, 0.3) is 0 Å². The SMILES string of the molecule is CN(CC1CC2CCC1C2)C(=O)c1cc(C(=O)O)co1. The normalized spacial score (nSPS) is 27.8. The number of nitrogens with zero attached hydrogens (tertiary/aromatic N) is 1. The number of rotatable bonds is 4. The van der Waals surface area contributed by atoms with E-state index in [1.54, 1.807) is 11.9 Å². The largest absolute Gasteiger partial charge is 0.478 e. The number of hydrogen-bond donors (Lipinski definition) is 1. The van der Waals surface area contributed by atoms with Gasteiger partial charge in [-0.1, -0.05) is 6.42 Å². The minimum absolute atomic E-state index is 0.0154. The molecule has 2 saturated carbocycles. The van der Waals surface area contributed by atoms with Crippen LogP contribution in [0.5, 0.6) is 0 Å². The minimum atomic E-state index is -1.08. The van der Waals surface area contributed by atoms with Gasteiger partial charge in [-0.15, -0.1) is 0 Å². The van der Waals surface area contributed by atoms with E-state index in [0.717, 1.165) is 24.6 Å². The highest BCUT2D eigenvalue weighted by Crippen LogP contribution is 2.48. The number of carbonyl (C=O) groups excluding carboxylic acids is 1. The molecule has 1 heterocycles. The number of amides is 1. The Morgan fingerprint density at radius 2 is 2.20 bits per heavy atom. The maximum atomic E-state index is 12.2. The lowest BCUT2D eigenvalue weighted by atomic mass is 9.88. The minimum Gasteiger partial charge on any atom is -0.478 e. The third kappa shape index (κ3) is 2.32. The highest BCUT2D eigenvalue weighted by atomic mass is 16.4. The highest BCUT2D eigenvalue weighted by Gasteiger charge is 2.40. The molecule has 2 fully saturated rings. The first kappa shape index (κ1) is 13.2. The summed E-state index contributed by atoms with van der Waals surface area (Å²) in [4.78, 5) is 24.7. The fourth-order valence-corrected chi connectivity index (χ4v) is 3.78. The zero-order valence-electron chi connectivity index (χ0n) is 11.5. The molecule has 0 saturated heterocycles. The second-order valence-electron chi connectivity index (χ2n) is 6.13. The first-order valence-corrected chi connectivity index (χ1v) is 7.12. The molecule has 108 valence electrons. The van der Waals surface area contributed by atoms with Crippen molar-refractivity contribution in [2.45, 2.75) is 25.7 Å². The molecule has 2 bridgehead atoms. The summed E-state index contributed by atoms with van der Waals surface area (Å²) >= 11 is 0. The lowest BCUT2D eigenvalue weighted by Crippen LogP contribution is -2.33. The predicted octanol–water partition coefficient (Wildman–Crippen LogP) is 2.49. The van der Waals surface area contributed by atoms with Crippen LogP contribution in [-0.4, -0.2) is 35.5 Å². The van der Waals surface area contributed by atoms with Gasteiger partial charge in [-0.3, -0.25) is 4.79 Å². The average molecular weight is 277 g/mol. The lowest BCUT2D eigenvalue weighted by molar-refractivity contribution is 0.0693. The third-order valence-electron chi connectivity index (χ3n) is 4.80. The van der Waals surface area contributed by atoms with Crippen molar-refractivity contribution in [2.75, 3.05) is 13.6 Å². The first-order chi connectivity index (χ1) is 9.54. The summed E-state index contributed by atoms with van der Waals surface area (Å²) in [6, 6.07) is 1.29. The molecule has 1 N–H and O–H groups in total. The number of carboxylic acids is 1. The van der Waals surface area contributed by atoms with Crippen molar-refractivity contribution < 1.29 is 19.1 Å². The highest BCUT2D eigenvalue weighted by molar-refractivity contribution is 5.95. The molecule has 3 rings (SSSR count). The van der Waals surface area contributed by atoms with Gasteiger partial charge in [0.2, 0.25) is 0 Å². The molecule has 3 atom stereocenters. The summed E-state index contributed by atoms with van der Waals surface area (Å²) < 4.78 is 5.06. The zero-order chi connectivity index (χ0) is 14.3. The van der Waals surface area contributed by atoms with Crippen molar-refractivity contribution in [2.24, 2.45) is 17.8 Å². The number of furan rings is 1. The average Bonchev–Trinajstić information content (AvgIpc) is 3.13. The maximum absolute atomic E-state index is 12.2. The number of hydrogen-bond acceptors (Lipinski definition) is 3. The van der Waals surface area contributed by atoms with E-state index in [1.807, 2.05) is 0 Å². The molecule has 2 aliphatic carbocycles. The van der Waals surface area contributed by atoms with Crippen LogP contribution in [0.4, 0.5) is 0 Å². The Hall–Kier alpha value is -1.78. The van der Waals surface area contributed by atoms with E-state index in [1.165, 1.54) is 31.7 Å². The molecule has 20 heavy (non-hydrogen) atoms. The standard InChI is InChI=1S/C15H19NO4/c1-16(7-11-5-9-2-3-10(11)4-9)14(17)13-6-12(8-20-13)15(18)19/h6,8-11H,2-5,7H2,1H3,(H,18,19). The summed E-state index contributed by atoms with van der Waals surface area (Å²) in [5.74, 6) is 1.01. The van der Waals surface area contributed by atoms with E-state index >= 15 is 0 Å². The molecular formula is C15H19NO4. The van der Waals surface area contributed by atoms with Crippen LogP contribution in [-0.2, 0) is 0 Å². The van der Waals surface area contributed by atoms with E-state index in [2.05, 4.69) is 0 Å². The van der Waals surface area contributed by atoms with Crippen LogP contribution in [0.15, 0.2) is 16.7 Å². The third-order valence-corrected chi connectivity index (χ3v) is 4.80. The van der Waals surface area contributed by atoms with Gasteiger partial charge in [-0.05, 0) is 37.0 Å². The van der Waals surface area contributed by atoms with Crippen LogP contribution >= 0.6 is 0 Å². The van der Waals surface area contributed by atoms with Crippen molar-refractivity contribution in [3.8, 4) is 0 Å². The molecule has 5 heteroatoms. The van der Waals surface area contributed by atoms with Crippen LogP contribution in [0.2, 0.25) is 0 Å². The Morgan fingerprint density at radius 3 is 2.75 bits per heavy atom. The van der Waals surface area contributed by atoms with Crippen LogP contribution in [0.3, 0.4) is 0 Å². The van der Waals surface area contributed by atoms with Gasteiger partial charge >= 0.3 is 5.97 Å². The van der Waals surface area contributed by atoms with Gasteiger partial charge in [0.1, 0.15) is 6.26 Å². The van der Waals surface area contributed by atoms with Gasteiger partial charge in [-0.2, -0.15) is 0 Å². The number of carboxylic acid groups (broad SMARTS) is 1. The Bertz CT molecular complexity index is 536. The smallest absolute Gasteiger partial charge is 0.338 e. The molecule has 1 amide bonds. The second-order valence-corrected chi connectivity index (χ2v) is 6.13. The van der Waals surface area contributed by atoms with Gasteiger partial charge in [0.25, 0.3) is 5.91 Å². The molecule has 1 aromatic heterocycles. The predicted molar refractivity (Wildman–Crippen MR) is 71.6 cm³/mol. The Morgan fingerprint density at radius 1 is 1.40 bits per heavy atom. The van der Waals surface area contributed by atoms with E-state index < -0.39 is 5.97 Å². The number of aromatic carboxylic acids is 1. The Balaban J connectivity index is 1.62. The van der Waals surface area contributed by atoms with Crippen LogP contribution in [0.1, 0.15) is 46.6 Å². The molecule has 0 aromatic carbocycles. The maximum Gasteiger partial charge on any atom is 0.338 e. The lowest BCUT2D eigenvalue weighted by Gasteiger charge is -2.26. The molecule has 5 nitrogen and oxygen atoms in total. The van der Waals surface area contributed by atoms with Crippen LogP contribution < -0.4 is 0 Å². The quantitative estimate of drug-likeness (QED) is 0.917. The molecule has 2 aliphatic rings. The second kappa shape index (κ2) is 4.96. The van der Waals surface area contributed by atoms with Gasteiger partial charge < -0.3 is 14.4 Å². The van der Waals surface area contributed by atoms with Crippen molar-refractivity contribution in [3.63, 3.8) is 0 Å². The van der Waals surface area contributed by atoms with E-state index in [-0.39, 0.29) is 17.2 Å². The molecule has 0 spiro atoms. The van der Waals surface area contributed by atoms with E-state index in [4.69, 9.17) is 9.52 Å². The van der Waals surface area contributed by atoms with Gasteiger partial charge in [0.15, 0.2) is 5.76 Å².